The average Bonchev–Trinajstić information content (AvgIpc) is 2.96. The van der Waals surface area contributed by atoms with Crippen LogP contribution >= 0.6 is 23.1 Å². The molecule has 2 N–H and O–H groups in total. The third kappa shape index (κ3) is 4.15. The zero-order chi connectivity index (χ0) is 12.8. The number of rotatable bonds is 6. The van der Waals surface area contributed by atoms with Crippen molar-refractivity contribution in [2.24, 2.45) is 0 Å². The van der Waals surface area contributed by atoms with Gasteiger partial charge in [-0.15, -0.1) is 11.3 Å². The van der Waals surface area contributed by atoms with E-state index in [-0.39, 0.29) is 5.91 Å². The minimum absolute atomic E-state index is 0.0124. The Morgan fingerprint density at radius 3 is 3.17 bits per heavy atom. The number of aryl methyl sites for hydroxylation is 1. The highest BCUT2D eigenvalue weighted by Crippen LogP contribution is 2.16. The van der Waals surface area contributed by atoms with Crippen molar-refractivity contribution < 1.29 is 4.79 Å². The van der Waals surface area contributed by atoms with Gasteiger partial charge in [-0.1, -0.05) is 0 Å². The lowest BCUT2D eigenvalue weighted by atomic mass is 10.4. The van der Waals surface area contributed by atoms with Crippen molar-refractivity contribution in [1.82, 2.24) is 15.2 Å². The molecule has 0 bridgehead atoms. The van der Waals surface area contributed by atoms with Gasteiger partial charge in [-0.2, -0.15) is 16.9 Å². The third-order valence-electron chi connectivity index (χ3n) is 2.17. The van der Waals surface area contributed by atoms with Crippen LogP contribution in [0.25, 0.3) is 0 Å². The van der Waals surface area contributed by atoms with Gasteiger partial charge in [0.15, 0.2) is 0 Å². The van der Waals surface area contributed by atoms with Crippen molar-refractivity contribution in [3.63, 3.8) is 0 Å². The van der Waals surface area contributed by atoms with E-state index in [1.54, 1.807) is 35.5 Å². The van der Waals surface area contributed by atoms with Crippen molar-refractivity contribution in [3.8, 4) is 0 Å². The summed E-state index contributed by atoms with van der Waals surface area (Å²) in [6, 6.07) is 0. The van der Waals surface area contributed by atoms with E-state index in [1.165, 1.54) is 0 Å². The molecule has 0 fully saturated rings. The Bertz CT molecular complexity index is 495. The van der Waals surface area contributed by atoms with Crippen LogP contribution in [0.3, 0.4) is 0 Å². The zero-order valence-electron chi connectivity index (χ0n) is 9.97. The molecule has 0 spiro atoms. The van der Waals surface area contributed by atoms with Crippen LogP contribution < -0.4 is 5.32 Å². The maximum Gasteiger partial charge on any atom is 0.225 e. The summed E-state index contributed by atoms with van der Waals surface area (Å²) >= 11 is 3.38. The molecule has 0 saturated heterocycles. The molecule has 2 aromatic rings. The molecule has 5 nitrogen and oxygen atoms in total. The Morgan fingerprint density at radius 1 is 1.61 bits per heavy atom. The Balaban J connectivity index is 1.62. The molecule has 0 aromatic carbocycles. The number of hydrogen-bond acceptors (Lipinski definition) is 5. The van der Waals surface area contributed by atoms with Crippen LogP contribution in [-0.4, -0.2) is 26.8 Å². The lowest BCUT2D eigenvalue weighted by molar-refractivity contribution is -0.115. The molecule has 18 heavy (non-hydrogen) atoms. The summed E-state index contributed by atoms with van der Waals surface area (Å²) in [5.74, 6) is 1.67. The maximum atomic E-state index is 11.5. The minimum atomic E-state index is 0.0124. The summed E-state index contributed by atoms with van der Waals surface area (Å²) in [7, 11) is 0. The number of carbonyl (C=O) groups excluding carboxylic acids is 1. The molecule has 2 heterocycles. The Hall–Kier alpha value is -1.34. The number of thioether (sulfide) groups is 1. The quantitative estimate of drug-likeness (QED) is 0.798. The molecular formula is C11H14N4OS2. The van der Waals surface area contributed by atoms with Gasteiger partial charge < -0.3 is 5.32 Å². The number of aromatic amines is 1. The van der Waals surface area contributed by atoms with Gasteiger partial charge in [0.05, 0.1) is 22.6 Å². The van der Waals surface area contributed by atoms with Crippen LogP contribution in [0.1, 0.15) is 17.1 Å². The number of anilines is 1. The lowest BCUT2D eigenvalue weighted by Gasteiger charge is -2.01. The van der Waals surface area contributed by atoms with Crippen LogP contribution in [0.5, 0.6) is 0 Å². The first-order valence-corrected chi connectivity index (χ1v) is 7.55. The van der Waals surface area contributed by atoms with E-state index in [1.807, 2.05) is 6.92 Å². The molecule has 2 rings (SSSR count). The van der Waals surface area contributed by atoms with E-state index in [2.05, 4.69) is 25.9 Å². The van der Waals surface area contributed by atoms with Crippen LogP contribution in [0, 0.1) is 6.92 Å². The van der Waals surface area contributed by atoms with Crippen LogP contribution in [0.15, 0.2) is 17.8 Å². The Kier molecular flexibility index (Phi) is 4.77. The second kappa shape index (κ2) is 6.55. The van der Waals surface area contributed by atoms with E-state index in [9.17, 15) is 4.79 Å². The number of thiazole rings is 1. The number of aromatic nitrogens is 3. The molecule has 0 aliphatic carbocycles. The molecule has 1 amide bonds. The highest BCUT2D eigenvalue weighted by Gasteiger charge is 2.04. The molecule has 0 saturated carbocycles. The van der Waals surface area contributed by atoms with Crippen molar-refractivity contribution in [2.45, 2.75) is 19.1 Å². The first kappa shape index (κ1) is 13.1. The maximum absolute atomic E-state index is 11.5. The number of carbonyl (C=O) groups is 1. The fourth-order valence-corrected chi connectivity index (χ4v) is 2.91. The second-order valence-electron chi connectivity index (χ2n) is 3.70. The lowest BCUT2D eigenvalue weighted by Crippen LogP contribution is -2.11. The Labute approximate surface area is 113 Å². The molecule has 0 unspecified atom stereocenters. The highest BCUT2D eigenvalue weighted by atomic mass is 32.2. The second-order valence-corrected chi connectivity index (χ2v) is 5.86. The van der Waals surface area contributed by atoms with Gasteiger partial charge in [0.2, 0.25) is 5.91 Å². The average molecular weight is 282 g/mol. The predicted molar refractivity (Wildman–Crippen MR) is 74.8 cm³/mol. The number of H-pyrrole nitrogens is 1. The van der Waals surface area contributed by atoms with Gasteiger partial charge in [-0.05, 0) is 6.92 Å². The minimum Gasteiger partial charge on any atom is -0.323 e. The summed E-state index contributed by atoms with van der Waals surface area (Å²) < 4.78 is 0. The van der Waals surface area contributed by atoms with Gasteiger partial charge in [-0.3, -0.25) is 9.89 Å². The fraction of sp³-hybridized carbons (Fsp3) is 0.364. The van der Waals surface area contributed by atoms with Crippen molar-refractivity contribution in [3.05, 3.63) is 28.5 Å². The molecule has 7 heteroatoms. The molecule has 0 radical (unpaired) electrons. The monoisotopic (exact) mass is 282 g/mol. The highest BCUT2D eigenvalue weighted by molar-refractivity contribution is 7.98. The predicted octanol–water partition coefficient (Wildman–Crippen LogP) is 2.44. The van der Waals surface area contributed by atoms with Gasteiger partial charge in [0.1, 0.15) is 0 Å². The van der Waals surface area contributed by atoms with E-state index in [0.29, 0.717) is 12.1 Å². The number of hydrogen-bond donors (Lipinski definition) is 2. The molecule has 0 aliphatic heterocycles. The number of amides is 1. The SMILES string of the molecule is Cc1nc(CSCCC(=O)Nc2cn[nH]c2)cs1. The molecule has 0 atom stereocenters. The van der Waals surface area contributed by atoms with Gasteiger partial charge >= 0.3 is 0 Å². The summed E-state index contributed by atoms with van der Waals surface area (Å²) in [5, 5.41) is 12.3. The standard InChI is InChI=1S/C11H14N4OS2/c1-8-14-10(7-18-8)6-17-3-2-11(16)15-9-4-12-13-5-9/h4-5,7H,2-3,6H2,1H3,(H,12,13)(H,15,16). The summed E-state index contributed by atoms with van der Waals surface area (Å²) in [6.07, 6.45) is 3.74. The zero-order valence-corrected chi connectivity index (χ0v) is 11.6. The van der Waals surface area contributed by atoms with Crippen LogP contribution in [0.4, 0.5) is 5.69 Å². The summed E-state index contributed by atoms with van der Waals surface area (Å²) in [6.45, 7) is 2.00. The number of nitrogens with one attached hydrogen (secondary N) is 2. The third-order valence-corrected chi connectivity index (χ3v) is 3.99. The largest absolute Gasteiger partial charge is 0.323 e. The molecule has 2 aromatic heterocycles. The first-order chi connectivity index (χ1) is 8.74. The first-order valence-electron chi connectivity index (χ1n) is 5.51. The van der Waals surface area contributed by atoms with Crippen molar-refractivity contribution in [1.29, 1.82) is 0 Å². The van der Waals surface area contributed by atoms with E-state index < -0.39 is 0 Å². The molecule has 96 valence electrons. The van der Waals surface area contributed by atoms with Gasteiger partial charge in [0, 0.05) is 29.5 Å². The van der Waals surface area contributed by atoms with Crippen molar-refractivity contribution >= 4 is 34.7 Å². The van der Waals surface area contributed by atoms with E-state index >= 15 is 0 Å². The molecular weight excluding hydrogens is 268 g/mol. The van der Waals surface area contributed by atoms with Crippen LogP contribution in [0.2, 0.25) is 0 Å². The van der Waals surface area contributed by atoms with Crippen LogP contribution in [-0.2, 0) is 10.5 Å². The van der Waals surface area contributed by atoms with E-state index in [0.717, 1.165) is 22.2 Å². The fourth-order valence-electron chi connectivity index (χ4n) is 1.36. The smallest absolute Gasteiger partial charge is 0.225 e. The summed E-state index contributed by atoms with van der Waals surface area (Å²) in [5.41, 5.74) is 1.80. The van der Waals surface area contributed by atoms with E-state index in [4.69, 9.17) is 0 Å². The number of nitrogens with zero attached hydrogens (tertiary/aromatic N) is 2. The topological polar surface area (TPSA) is 70.7 Å². The summed E-state index contributed by atoms with van der Waals surface area (Å²) in [4.78, 5) is 15.9. The normalized spacial score (nSPS) is 10.5. The van der Waals surface area contributed by atoms with Gasteiger partial charge in [-0.25, -0.2) is 4.98 Å². The van der Waals surface area contributed by atoms with Crippen molar-refractivity contribution in [2.75, 3.05) is 11.1 Å². The van der Waals surface area contributed by atoms with Gasteiger partial charge in [0.25, 0.3) is 0 Å². The Morgan fingerprint density at radius 2 is 2.50 bits per heavy atom. The molecule has 0 aliphatic rings.